The van der Waals surface area contributed by atoms with Crippen molar-refractivity contribution in [1.29, 1.82) is 0 Å². The Morgan fingerprint density at radius 3 is 2.31 bits per heavy atom. The van der Waals surface area contributed by atoms with Gasteiger partial charge in [-0.3, -0.25) is 4.79 Å². The van der Waals surface area contributed by atoms with Gasteiger partial charge in [0.25, 0.3) is 0 Å². The van der Waals surface area contributed by atoms with E-state index in [1.54, 1.807) is 30.3 Å². The first kappa shape index (κ1) is 16.9. The van der Waals surface area contributed by atoms with E-state index < -0.39 is 0 Å². The van der Waals surface area contributed by atoms with Crippen LogP contribution in [0.15, 0.2) is 87.4 Å². The zero-order chi connectivity index (χ0) is 18.1. The normalized spacial score (nSPS) is 11.0. The van der Waals surface area contributed by atoms with Crippen molar-refractivity contribution in [3.05, 3.63) is 93.9 Å². The second-order valence-electron chi connectivity index (χ2n) is 5.77. The molecule has 0 spiro atoms. The Bertz CT molecular complexity index is 1140. The van der Waals surface area contributed by atoms with Gasteiger partial charge in [0.1, 0.15) is 5.82 Å². The number of aromatic amines is 1. The smallest absolute Gasteiger partial charge is 0.203 e. The summed E-state index contributed by atoms with van der Waals surface area (Å²) in [6.07, 6.45) is 0. The van der Waals surface area contributed by atoms with Gasteiger partial charge in [0.05, 0.1) is 10.6 Å². The highest BCUT2D eigenvalue weighted by Crippen LogP contribution is 2.34. The third-order valence-corrected chi connectivity index (χ3v) is 5.38. The van der Waals surface area contributed by atoms with E-state index in [0.29, 0.717) is 15.3 Å². The molecule has 1 heterocycles. The highest BCUT2D eigenvalue weighted by molar-refractivity contribution is 7.99. The minimum atomic E-state index is -0.306. The van der Waals surface area contributed by atoms with Crippen molar-refractivity contribution in [2.24, 2.45) is 0 Å². The number of hydrogen-bond acceptors (Lipinski definition) is 2. The molecular formula is C21H13ClFNOS. The zero-order valence-corrected chi connectivity index (χ0v) is 15.1. The number of pyridine rings is 1. The van der Waals surface area contributed by atoms with Crippen molar-refractivity contribution in [2.45, 2.75) is 9.79 Å². The molecule has 3 aromatic carbocycles. The maximum Gasteiger partial charge on any atom is 0.203 e. The van der Waals surface area contributed by atoms with Crippen LogP contribution < -0.4 is 5.43 Å². The second-order valence-corrected chi connectivity index (χ2v) is 7.29. The predicted octanol–water partition coefficient (Wildman–Crippen LogP) is 6.14. The largest absolute Gasteiger partial charge is 0.353 e. The van der Waals surface area contributed by atoms with Crippen LogP contribution >= 0.6 is 23.4 Å². The first-order valence-corrected chi connectivity index (χ1v) is 9.15. The van der Waals surface area contributed by atoms with E-state index in [4.69, 9.17) is 11.6 Å². The molecule has 1 aromatic heterocycles. The van der Waals surface area contributed by atoms with Crippen molar-refractivity contribution in [2.75, 3.05) is 0 Å². The van der Waals surface area contributed by atoms with Gasteiger partial charge >= 0.3 is 0 Å². The van der Waals surface area contributed by atoms with Gasteiger partial charge in [-0.25, -0.2) is 4.39 Å². The van der Waals surface area contributed by atoms with Crippen LogP contribution in [0.1, 0.15) is 0 Å². The molecule has 0 radical (unpaired) electrons. The maximum absolute atomic E-state index is 13.2. The molecule has 0 aliphatic heterocycles. The van der Waals surface area contributed by atoms with E-state index in [9.17, 15) is 9.18 Å². The van der Waals surface area contributed by atoms with Gasteiger partial charge in [0, 0.05) is 20.8 Å². The van der Waals surface area contributed by atoms with Crippen molar-refractivity contribution >= 4 is 34.3 Å². The van der Waals surface area contributed by atoms with Crippen LogP contribution in [0.4, 0.5) is 4.39 Å². The van der Waals surface area contributed by atoms with E-state index in [0.717, 1.165) is 21.7 Å². The molecule has 0 aliphatic rings. The number of fused-ring (bicyclic) bond motifs is 1. The fourth-order valence-electron chi connectivity index (χ4n) is 2.76. The molecule has 0 amide bonds. The summed E-state index contributed by atoms with van der Waals surface area (Å²) in [7, 11) is 0. The van der Waals surface area contributed by atoms with Crippen LogP contribution in [0.25, 0.3) is 22.2 Å². The van der Waals surface area contributed by atoms with Gasteiger partial charge in [-0.2, -0.15) is 0 Å². The quantitative estimate of drug-likeness (QED) is 0.462. The summed E-state index contributed by atoms with van der Waals surface area (Å²) in [6, 6.07) is 20.8. The Morgan fingerprint density at radius 2 is 1.58 bits per heavy atom. The van der Waals surface area contributed by atoms with E-state index in [1.807, 2.05) is 30.3 Å². The number of para-hydroxylation sites is 1. The minimum Gasteiger partial charge on any atom is -0.353 e. The summed E-state index contributed by atoms with van der Waals surface area (Å²) < 4.78 is 13.2. The van der Waals surface area contributed by atoms with Gasteiger partial charge in [0.2, 0.25) is 5.43 Å². The van der Waals surface area contributed by atoms with Crippen LogP contribution in [0.3, 0.4) is 0 Å². The molecule has 2 nitrogen and oxygen atoms in total. The number of hydrogen-bond donors (Lipinski definition) is 1. The fraction of sp³-hybridized carbons (Fsp3) is 0. The lowest BCUT2D eigenvalue weighted by molar-refractivity contribution is 0.626. The van der Waals surface area contributed by atoms with Gasteiger partial charge in [-0.05, 0) is 54.1 Å². The average Bonchev–Trinajstić information content (AvgIpc) is 2.66. The molecule has 0 aliphatic carbocycles. The van der Waals surface area contributed by atoms with Crippen molar-refractivity contribution in [3.8, 4) is 11.3 Å². The number of halogens is 2. The molecule has 128 valence electrons. The van der Waals surface area contributed by atoms with Gasteiger partial charge in [0.15, 0.2) is 0 Å². The van der Waals surface area contributed by atoms with Gasteiger partial charge < -0.3 is 4.98 Å². The number of rotatable bonds is 3. The molecule has 0 unspecified atom stereocenters. The number of aromatic nitrogens is 1. The Kier molecular flexibility index (Phi) is 4.53. The lowest BCUT2D eigenvalue weighted by Gasteiger charge is -2.12. The summed E-state index contributed by atoms with van der Waals surface area (Å²) in [5.41, 5.74) is 2.30. The molecule has 0 saturated carbocycles. The summed E-state index contributed by atoms with van der Waals surface area (Å²) >= 11 is 7.32. The Hall–Kier alpha value is -2.56. The first-order chi connectivity index (χ1) is 12.6. The Morgan fingerprint density at radius 1 is 0.885 bits per heavy atom. The van der Waals surface area contributed by atoms with Crippen LogP contribution in [-0.2, 0) is 0 Å². The summed E-state index contributed by atoms with van der Waals surface area (Å²) in [4.78, 5) is 17.8. The van der Waals surface area contributed by atoms with Crippen LogP contribution in [0.5, 0.6) is 0 Å². The third-order valence-electron chi connectivity index (χ3n) is 4.03. The molecule has 4 aromatic rings. The monoisotopic (exact) mass is 381 g/mol. The summed E-state index contributed by atoms with van der Waals surface area (Å²) in [6.45, 7) is 0. The molecule has 1 N–H and O–H groups in total. The fourth-order valence-corrected chi connectivity index (χ4v) is 3.86. The number of nitrogens with one attached hydrogen (secondary N) is 1. The summed E-state index contributed by atoms with van der Waals surface area (Å²) in [5.74, 6) is -0.306. The highest BCUT2D eigenvalue weighted by Gasteiger charge is 2.15. The van der Waals surface area contributed by atoms with Crippen LogP contribution in [-0.4, -0.2) is 4.98 Å². The molecule has 0 bridgehead atoms. The Labute approximate surface area is 158 Å². The third kappa shape index (κ3) is 3.26. The molecule has 26 heavy (non-hydrogen) atoms. The first-order valence-electron chi connectivity index (χ1n) is 7.96. The minimum absolute atomic E-state index is 0.0568. The SMILES string of the molecule is O=c1c(Sc2ccc(F)cc2)c(-c2ccc(Cl)cc2)[nH]c2ccccc12. The van der Waals surface area contributed by atoms with Crippen LogP contribution in [0, 0.1) is 5.82 Å². The summed E-state index contributed by atoms with van der Waals surface area (Å²) in [5, 5.41) is 1.25. The standard InChI is InChI=1S/C21H13ClFNOS/c22-14-7-5-13(6-8-14)19-21(26-16-11-9-15(23)10-12-16)20(25)17-3-1-2-4-18(17)24-19/h1-12H,(H,24,25). The van der Waals surface area contributed by atoms with Gasteiger partial charge in [-0.1, -0.05) is 47.6 Å². The zero-order valence-electron chi connectivity index (χ0n) is 13.5. The number of H-pyrrole nitrogens is 1. The molecular weight excluding hydrogens is 369 g/mol. The Balaban J connectivity index is 1.94. The maximum atomic E-state index is 13.2. The van der Waals surface area contributed by atoms with E-state index >= 15 is 0 Å². The highest BCUT2D eigenvalue weighted by atomic mass is 35.5. The number of benzene rings is 3. The molecule has 5 heteroatoms. The van der Waals surface area contributed by atoms with Crippen molar-refractivity contribution in [3.63, 3.8) is 0 Å². The molecule has 0 saturated heterocycles. The van der Waals surface area contributed by atoms with E-state index in [2.05, 4.69) is 4.98 Å². The average molecular weight is 382 g/mol. The van der Waals surface area contributed by atoms with Crippen molar-refractivity contribution < 1.29 is 4.39 Å². The molecule has 0 fully saturated rings. The molecule has 4 rings (SSSR count). The van der Waals surface area contributed by atoms with Crippen LogP contribution in [0.2, 0.25) is 5.02 Å². The van der Waals surface area contributed by atoms with E-state index in [-0.39, 0.29) is 11.2 Å². The lowest BCUT2D eigenvalue weighted by Crippen LogP contribution is -2.08. The topological polar surface area (TPSA) is 32.9 Å². The van der Waals surface area contributed by atoms with Gasteiger partial charge in [-0.15, -0.1) is 0 Å². The molecule has 0 atom stereocenters. The predicted molar refractivity (Wildman–Crippen MR) is 106 cm³/mol. The second kappa shape index (κ2) is 6.98. The van der Waals surface area contributed by atoms with E-state index in [1.165, 1.54) is 23.9 Å². The van der Waals surface area contributed by atoms with Crippen molar-refractivity contribution in [1.82, 2.24) is 4.98 Å². The lowest BCUT2D eigenvalue weighted by atomic mass is 10.1.